The Kier molecular flexibility index (Phi) is 6.85. The fourth-order valence-electron chi connectivity index (χ4n) is 3.37. The number of nitrogens with zero attached hydrogens (tertiary/aromatic N) is 2. The summed E-state index contributed by atoms with van der Waals surface area (Å²) in [6.07, 6.45) is 1.25. The fourth-order valence-corrected chi connectivity index (χ4v) is 3.85. The molecule has 1 heterocycles. The van der Waals surface area contributed by atoms with Crippen LogP contribution in [0.4, 0.5) is 4.39 Å². The predicted octanol–water partition coefficient (Wildman–Crippen LogP) is 3.87. The number of methoxy groups -OCH3 is 1. The average Bonchev–Trinajstić information content (AvgIpc) is 2.68. The highest BCUT2D eigenvalue weighted by Crippen LogP contribution is 2.22. The topological polar surface area (TPSA) is 32.8 Å². The van der Waals surface area contributed by atoms with E-state index in [-0.39, 0.29) is 11.7 Å². The molecule has 1 fully saturated rings. The molecule has 0 bridgehead atoms. The molecule has 1 saturated heterocycles. The summed E-state index contributed by atoms with van der Waals surface area (Å²) < 4.78 is 19.9. The smallest absolute Gasteiger partial charge is 0.222 e. The third-order valence-electron chi connectivity index (χ3n) is 4.93. The number of ether oxygens (including phenoxy) is 1. The van der Waals surface area contributed by atoms with Gasteiger partial charge >= 0.3 is 0 Å². The zero-order chi connectivity index (χ0) is 19.2. The summed E-state index contributed by atoms with van der Waals surface area (Å²) in [6, 6.07) is 12.6. The third kappa shape index (κ3) is 5.30. The maximum absolute atomic E-state index is 13.5. The van der Waals surface area contributed by atoms with Gasteiger partial charge in [-0.2, -0.15) is 0 Å². The Bertz CT molecular complexity index is 792. The highest BCUT2D eigenvalue weighted by atomic mass is 79.9. The molecule has 2 aromatic carbocycles. The van der Waals surface area contributed by atoms with Gasteiger partial charge in [0.05, 0.1) is 7.11 Å². The summed E-state index contributed by atoms with van der Waals surface area (Å²) >= 11 is 3.53. The van der Waals surface area contributed by atoms with Gasteiger partial charge in [0, 0.05) is 49.2 Å². The van der Waals surface area contributed by atoms with E-state index >= 15 is 0 Å². The zero-order valence-electron chi connectivity index (χ0n) is 15.5. The Labute approximate surface area is 168 Å². The molecule has 6 heteroatoms. The number of benzene rings is 2. The molecule has 3 rings (SSSR count). The van der Waals surface area contributed by atoms with Crippen LogP contribution in [0.2, 0.25) is 0 Å². The van der Waals surface area contributed by atoms with Crippen LogP contribution < -0.4 is 4.74 Å². The van der Waals surface area contributed by atoms with Gasteiger partial charge < -0.3 is 9.64 Å². The first-order chi connectivity index (χ1) is 13.1. The second-order valence-electron chi connectivity index (χ2n) is 6.70. The van der Waals surface area contributed by atoms with E-state index in [2.05, 4.69) is 20.8 Å². The molecular weight excluding hydrogens is 411 g/mol. The van der Waals surface area contributed by atoms with Gasteiger partial charge in [0.15, 0.2) is 0 Å². The summed E-state index contributed by atoms with van der Waals surface area (Å²) in [5.41, 5.74) is 1.99. The molecule has 1 amide bonds. The number of piperazine rings is 1. The first-order valence-electron chi connectivity index (χ1n) is 9.13. The van der Waals surface area contributed by atoms with Crippen LogP contribution in [0.5, 0.6) is 5.75 Å². The van der Waals surface area contributed by atoms with Gasteiger partial charge in [-0.3, -0.25) is 9.69 Å². The monoisotopic (exact) mass is 434 g/mol. The van der Waals surface area contributed by atoms with Crippen molar-refractivity contribution < 1.29 is 13.9 Å². The number of carbonyl (C=O) groups excluding carboxylic acids is 1. The number of halogens is 2. The molecule has 144 valence electrons. The van der Waals surface area contributed by atoms with E-state index in [0.29, 0.717) is 31.8 Å². The van der Waals surface area contributed by atoms with Crippen LogP contribution in [-0.4, -0.2) is 49.0 Å². The van der Waals surface area contributed by atoms with Crippen LogP contribution in [0.1, 0.15) is 17.5 Å². The number of amides is 1. The molecule has 0 aromatic heterocycles. The Morgan fingerprint density at radius 1 is 1.11 bits per heavy atom. The third-order valence-corrected chi connectivity index (χ3v) is 5.70. The average molecular weight is 435 g/mol. The van der Waals surface area contributed by atoms with Crippen molar-refractivity contribution in [2.75, 3.05) is 33.3 Å². The summed E-state index contributed by atoms with van der Waals surface area (Å²) in [5.74, 6) is 0.628. The first-order valence-corrected chi connectivity index (χ1v) is 9.92. The molecule has 4 nitrogen and oxygen atoms in total. The van der Waals surface area contributed by atoms with Crippen molar-refractivity contribution in [3.63, 3.8) is 0 Å². The van der Waals surface area contributed by atoms with Crippen molar-refractivity contribution in [1.82, 2.24) is 9.80 Å². The van der Waals surface area contributed by atoms with Crippen molar-refractivity contribution in [1.29, 1.82) is 0 Å². The van der Waals surface area contributed by atoms with Crippen LogP contribution in [0.15, 0.2) is 46.9 Å². The van der Waals surface area contributed by atoms with E-state index in [9.17, 15) is 9.18 Å². The lowest BCUT2D eigenvalue weighted by Crippen LogP contribution is -2.48. The van der Waals surface area contributed by atoms with Crippen LogP contribution in [0.25, 0.3) is 0 Å². The molecule has 0 unspecified atom stereocenters. The van der Waals surface area contributed by atoms with Crippen molar-refractivity contribution >= 4 is 21.8 Å². The Morgan fingerprint density at radius 3 is 2.56 bits per heavy atom. The molecular formula is C21H24BrFN2O2. The number of aryl methyl sites for hydroxylation is 1. The van der Waals surface area contributed by atoms with E-state index in [4.69, 9.17) is 4.74 Å². The molecule has 2 aromatic rings. The number of hydrogen-bond acceptors (Lipinski definition) is 3. The van der Waals surface area contributed by atoms with E-state index in [0.717, 1.165) is 35.1 Å². The second kappa shape index (κ2) is 9.33. The molecule has 0 atom stereocenters. The first kappa shape index (κ1) is 19.8. The Hall–Kier alpha value is -1.92. The SMILES string of the molecule is COc1ccc(F)cc1CN1CCN(C(=O)CCc2ccccc2Br)CC1. The van der Waals surface area contributed by atoms with Crippen molar-refractivity contribution in [3.05, 3.63) is 63.9 Å². The lowest BCUT2D eigenvalue weighted by atomic mass is 10.1. The van der Waals surface area contributed by atoms with Gasteiger partial charge in [0.2, 0.25) is 5.91 Å². The number of carbonyl (C=O) groups is 1. The second-order valence-corrected chi connectivity index (χ2v) is 7.56. The maximum Gasteiger partial charge on any atom is 0.222 e. The summed E-state index contributed by atoms with van der Waals surface area (Å²) in [6.45, 7) is 3.58. The molecule has 0 radical (unpaired) electrons. The minimum atomic E-state index is -0.258. The van der Waals surface area contributed by atoms with Crippen LogP contribution in [0, 0.1) is 5.82 Å². The molecule has 27 heavy (non-hydrogen) atoms. The van der Waals surface area contributed by atoms with Crippen molar-refractivity contribution in [2.45, 2.75) is 19.4 Å². The molecule has 0 N–H and O–H groups in total. The molecule has 0 saturated carbocycles. The van der Waals surface area contributed by atoms with Crippen molar-refractivity contribution in [2.24, 2.45) is 0 Å². The van der Waals surface area contributed by atoms with Gasteiger partial charge in [-0.25, -0.2) is 4.39 Å². The van der Waals surface area contributed by atoms with E-state index in [1.807, 2.05) is 29.2 Å². The number of hydrogen-bond donors (Lipinski definition) is 0. The van der Waals surface area contributed by atoms with Crippen LogP contribution in [0.3, 0.4) is 0 Å². The van der Waals surface area contributed by atoms with Gasteiger partial charge in [0.25, 0.3) is 0 Å². The lowest BCUT2D eigenvalue weighted by Gasteiger charge is -2.35. The van der Waals surface area contributed by atoms with Gasteiger partial charge in [-0.05, 0) is 36.2 Å². The molecule has 0 aliphatic carbocycles. The van der Waals surface area contributed by atoms with Crippen LogP contribution >= 0.6 is 15.9 Å². The number of rotatable bonds is 6. The van der Waals surface area contributed by atoms with E-state index in [1.54, 1.807) is 13.2 Å². The quantitative estimate of drug-likeness (QED) is 0.691. The Morgan fingerprint density at radius 2 is 1.85 bits per heavy atom. The summed E-state index contributed by atoms with van der Waals surface area (Å²) in [4.78, 5) is 16.7. The summed E-state index contributed by atoms with van der Waals surface area (Å²) in [5, 5.41) is 0. The van der Waals surface area contributed by atoms with Gasteiger partial charge in [0.1, 0.15) is 11.6 Å². The summed E-state index contributed by atoms with van der Waals surface area (Å²) in [7, 11) is 1.60. The van der Waals surface area contributed by atoms with Gasteiger partial charge in [-0.1, -0.05) is 34.1 Å². The minimum Gasteiger partial charge on any atom is -0.496 e. The largest absolute Gasteiger partial charge is 0.496 e. The molecule has 0 spiro atoms. The lowest BCUT2D eigenvalue weighted by molar-refractivity contribution is -0.133. The predicted molar refractivity (Wildman–Crippen MR) is 107 cm³/mol. The Balaban J connectivity index is 1.49. The van der Waals surface area contributed by atoms with E-state index < -0.39 is 0 Å². The molecule has 1 aliphatic heterocycles. The minimum absolute atomic E-state index is 0.189. The highest BCUT2D eigenvalue weighted by Gasteiger charge is 2.22. The van der Waals surface area contributed by atoms with E-state index in [1.165, 1.54) is 12.1 Å². The van der Waals surface area contributed by atoms with Gasteiger partial charge in [-0.15, -0.1) is 0 Å². The maximum atomic E-state index is 13.5. The zero-order valence-corrected chi connectivity index (χ0v) is 17.0. The van der Waals surface area contributed by atoms with Crippen molar-refractivity contribution in [3.8, 4) is 5.75 Å². The molecule has 1 aliphatic rings. The highest BCUT2D eigenvalue weighted by molar-refractivity contribution is 9.10. The fraction of sp³-hybridized carbons (Fsp3) is 0.381. The van der Waals surface area contributed by atoms with Crippen LogP contribution in [-0.2, 0) is 17.8 Å². The normalized spacial score (nSPS) is 15.0. The standard InChI is InChI=1S/C21H24BrFN2O2/c1-27-20-8-7-18(23)14-17(20)15-24-10-12-25(13-11-24)21(26)9-6-16-4-2-3-5-19(16)22/h2-5,7-8,14H,6,9-13,15H2,1H3.